The molecule has 1 atom stereocenters. The van der Waals surface area contributed by atoms with E-state index in [1.165, 1.54) is 0 Å². The molecule has 0 saturated carbocycles. The number of methoxy groups -OCH3 is 1. The second-order valence-corrected chi connectivity index (χ2v) is 5.43. The maximum Gasteiger partial charge on any atom is 0.184 e. The fourth-order valence-electron chi connectivity index (χ4n) is 1.54. The Morgan fingerprint density at radius 3 is 3.12 bits per heavy atom. The lowest BCUT2D eigenvalue weighted by Crippen LogP contribution is -2.16. The highest BCUT2D eigenvalue weighted by atomic mass is 35.5. The highest BCUT2D eigenvalue weighted by molar-refractivity contribution is 7.22. The van der Waals surface area contributed by atoms with Crippen molar-refractivity contribution in [3.05, 3.63) is 23.2 Å². The minimum Gasteiger partial charge on any atom is -0.385 e. The van der Waals surface area contributed by atoms with E-state index >= 15 is 0 Å². The van der Waals surface area contributed by atoms with Crippen LogP contribution in [0, 0.1) is 0 Å². The number of hydrogen-bond acceptors (Lipinski definition) is 4. The maximum absolute atomic E-state index is 5.93. The third-order valence-corrected chi connectivity index (χ3v) is 3.68. The Morgan fingerprint density at radius 1 is 1.53 bits per heavy atom. The Labute approximate surface area is 110 Å². The van der Waals surface area contributed by atoms with E-state index in [1.807, 2.05) is 18.2 Å². The zero-order valence-electron chi connectivity index (χ0n) is 9.87. The molecule has 1 aromatic carbocycles. The molecule has 3 nitrogen and oxygen atoms in total. The van der Waals surface area contributed by atoms with Crippen molar-refractivity contribution >= 4 is 38.3 Å². The van der Waals surface area contributed by atoms with Gasteiger partial charge in [0, 0.05) is 24.8 Å². The van der Waals surface area contributed by atoms with Gasteiger partial charge in [-0.3, -0.25) is 0 Å². The van der Waals surface area contributed by atoms with Crippen LogP contribution < -0.4 is 5.32 Å². The maximum atomic E-state index is 5.93. The number of nitrogens with zero attached hydrogens (tertiary/aromatic N) is 1. The number of rotatable bonds is 5. The summed E-state index contributed by atoms with van der Waals surface area (Å²) >= 11 is 7.58. The van der Waals surface area contributed by atoms with Crippen LogP contribution in [0.15, 0.2) is 18.2 Å². The van der Waals surface area contributed by atoms with E-state index in [1.54, 1.807) is 18.4 Å². The first kappa shape index (κ1) is 12.6. The lowest BCUT2D eigenvalue weighted by Gasteiger charge is -2.11. The molecule has 0 bridgehead atoms. The number of ether oxygens (including phenoxy) is 1. The van der Waals surface area contributed by atoms with Gasteiger partial charge in [-0.1, -0.05) is 22.9 Å². The molecule has 1 unspecified atom stereocenters. The van der Waals surface area contributed by atoms with Crippen LogP contribution in [0.1, 0.15) is 13.3 Å². The number of hydrogen-bond donors (Lipinski definition) is 1. The summed E-state index contributed by atoms with van der Waals surface area (Å²) in [5.41, 5.74) is 0.948. The Kier molecular flexibility index (Phi) is 4.20. The van der Waals surface area contributed by atoms with Crippen molar-refractivity contribution in [1.82, 2.24) is 4.98 Å². The van der Waals surface area contributed by atoms with Crippen molar-refractivity contribution in [2.45, 2.75) is 19.4 Å². The molecule has 0 aliphatic carbocycles. The molecular formula is C12H15ClN2OS. The summed E-state index contributed by atoms with van der Waals surface area (Å²) in [7, 11) is 1.71. The zero-order valence-corrected chi connectivity index (χ0v) is 11.4. The fraction of sp³-hybridized carbons (Fsp3) is 0.417. The molecule has 17 heavy (non-hydrogen) atoms. The first-order valence-corrected chi connectivity index (χ1v) is 6.70. The van der Waals surface area contributed by atoms with Gasteiger partial charge in [-0.2, -0.15) is 0 Å². The molecule has 1 heterocycles. The Morgan fingerprint density at radius 2 is 2.35 bits per heavy atom. The first-order chi connectivity index (χ1) is 8.19. The van der Waals surface area contributed by atoms with Crippen molar-refractivity contribution in [3.63, 3.8) is 0 Å². The van der Waals surface area contributed by atoms with Crippen molar-refractivity contribution in [1.29, 1.82) is 0 Å². The highest BCUT2D eigenvalue weighted by Gasteiger charge is 2.07. The van der Waals surface area contributed by atoms with Crippen LogP contribution in [0.5, 0.6) is 0 Å². The van der Waals surface area contributed by atoms with Gasteiger partial charge < -0.3 is 10.1 Å². The van der Waals surface area contributed by atoms with Crippen LogP contribution in [0.2, 0.25) is 5.02 Å². The quantitative estimate of drug-likeness (QED) is 0.898. The molecule has 0 fully saturated rings. The van der Waals surface area contributed by atoms with Gasteiger partial charge in [-0.15, -0.1) is 0 Å². The summed E-state index contributed by atoms with van der Waals surface area (Å²) in [4.78, 5) is 4.50. The zero-order chi connectivity index (χ0) is 12.3. The SMILES string of the molecule is COCCC(C)Nc1nc2cc(Cl)ccc2s1. The number of anilines is 1. The van der Waals surface area contributed by atoms with Gasteiger partial charge in [0.1, 0.15) is 0 Å². The number of fused-ring (bicyclic) bond motifs is 1. The van der Waals surface area contributed by atoms with Gasteiger partial charge in [-0.05, 0) is 31.5 Å². The minimum absolute atomic E-state index is 0.353. The lowest BCUT2D eigenvalue weighted by atomic mass is 10.2. The van der Waals surface area contributed by atoms with E-state index in [-0.39, 0.29) is 0 Å². The molecule has 0 aliphatic heterocycles. The second-order valence-electron chi connectivity index (χ2n) is 3.96. The number of aromatic nitrogens is 1. The van der Waals surface area contributed by atoms with Gasteiger partial charge in [0.15, 0.2) is 5.13 Å². The number of thiazole rings is 1. The van der Waals surface area contributed by atoms with E-state index in [0.717, 1.165) is 33.4 Å². The predicted molar refractivity (Wildman–Crippen MR) is 74.2 cm³/mol. The Balaban J connectivity index is 2.08. The molecule has 2 rings (SSSR count). The smallest absolute Gasteiger partial charge is 0.184 e. The molecule has 1 N–H and O–H groups in total. The van der Waals surface area contributed by atoms with Crippen molar-refractivity contribution in [3.8, 4) is 0 Å². The Bertz CT molecular complexity index is 500. The molecule has 92 valence electrons. The molecule has 1 aromatic heterocycles. The molecule has 5 heteroatoms. The number of halogens is 1. The predicted octanol–water partition coefficient (Wildman–Crippen LogP) is 3.79. The normalized spacial score (nSPS) is 12.9. The summed E-state index contributed by atoms with van der Waals surface area (Å²) in [6, 6.07) is 6.13. The average Bonchev–Trinajstić information content (AvgIpc) is 2.67. The summed E-state index contributed by atoms with van der Waals surface area (Å²) in [5, 5.41) is 5.03. The molecular weight excluding hydrogens is 256 g/mol. The standard InChI is InChI=1S/C12H15ClN2OS/c1-8(5-6-16-2)14-12-15-10-7-9(13)3-4-11(10)17-12/h3-4,7-8H,5-6H2,1-2H3,(H,14,15). The second kappa shape index (κ2) is 5.67. The summed E-state index contributed by atoms with van der Waals surface area (Å²) in [5.74, 6) is 0. The number of benzene rings is 1. The van der Waals surface area contributed by atoms with E-state index in [0.29, 0.717) is 6.04 Å². The third kappa shape index (κ3) is 3.31. The minimum atomic E-state index is 0.353. The molecule has 0 spiro atoms. The summed E-state index contributed by atoms with van der Waals surface area (Å²) in [6.45, 7) is 2.88. The number of nitrogens with one attached hydrogen (secondary N) is 1. The van der Waals surface area contributed by atoms with E-state index < -0.39 is 0 Å². The summed E-state index contributed by atoms with van der Waals surface area (Å²) < 4.78 is 6.20. The molecule has 0 saturated heterocycles. The van der Waals surface area contributed by atoms with Crippen LogP contribution >= 0.6 is 22.9 Å². The fourth-order valence-corrected chi connectivity index (χ4v) is 2.66. The third-order valence-electron chi connectivity index (χ3n) is 2.47. The lowest BCUT2D eigenvalue weighted by molar-refractivity contribution is 0.191. The molecule has 0 amide bonds. The van der Waals surface area contributed by atoms with Crippen molar-refractivity contribution < 1.29 is 4.74 Å². The van der Waals surface area contributed by atoms with Crippen LogP contribution in [0.25, 0.3) is 10.2 Å². The summed E-state index contributed by atoms with van der Waals surface area (Å²) in [6.07, 6.45) is 0.965. The van der Waals surface area contributed by atoms with Gasteiger partial charge in [0.05, 0.1) is 10.2 Å². The highest BCUT2D eigenvalue weighted by Crippen LogP contribution is 2.28. The van der Waals surface area contributed by atoms with Gasteiger partial charge >= 0.3 is 0 Å². The topological polar surface area (TPSA) is 34.1 Å². The van der Waals surface area contributed by atoms with Crippen molar-refractivity contribution in [2.75, 3.05) is 19.0 Å². The largest absolute Gasteiger partial charge is 0.385 e. The van der Waals surface area contributed by atoms with Crippen LogP contribution in [-0.4, -0.2) is 24.7 Å². The molecule has 0 aliphatic rings. The first-order valence-electron chi connectivity index (χ1n) is 5.50. The van der Waals surface area contributed by atoms with Crippen LogP contribution in [-0.2, 0) is 4.74 Å². The van der Waals surface area contributed by atoms with Gasteiger partial charge in [0.25, 0.3) is 0 Å². The monoisotopic (exact) mass is 270 g/mol. The van der Waals surface area contributed by atoms with E-state index in [9.17, 15) is 0 Å². The van der Waals surface area contributed by atoms with Gasteiger partial charge in [-0.25, -0.2) is 4.98 Å². The van der Waals surface area contributed by atoms with Crippen LogP contribution in [0.3, 0.4) is 0 Å². The van der Waals surface area contributed by atoms with Crippen LogP contribution in [0.4, 0.5) is 5.13 Å². The average molecular weight is 271 g/mol. The van der Waals surface area contributed by atoms with E-state index in [4.69, 9.17) is 16.3 Å². The Hall–Kier alpha value is -0.840. The molecule has 0 radical (unpaired) electrons. The van der Waals surface area contributed by atoms with Crippen molar-refractivity contribution in [2.24, 2.45) is 0 Å². The van der Waals surface area contributed by atoms with E-state index in [2.05, 4.69) is 17.2 Å². The molecule has 2 aromatic rings. The van der Waals surface area contributed by atoms with Gasteiger partial charge in [0.2, 0.25) is 0 Å².